The zero-order valence-corrected chi connectivity index (χ0v) is 10.5. The molecule has 0 bridgehead atoms. The molecule has 6 heteroatoms. The fraction of sp³-hybridized carbons (Fsp3) is 0.273. The third kappa shape index (κ3) is 3.11. The number of piperidine rings is 1. The van der Waals surface area contributed by atoms with Crippen LogP contribution in [0.4, 0.5) is 5.69 Å². The van der Waals surface area contributed by atoms with E-state index in [1.165, 1.54) is 0 Å². The van der Waals surface area contributed by atoms with Crippen molar-refractivity contribution in [1.29, 1.82) is 0 Å². The van der Waals surface area contributed by atoms with Gasteiger partial charge in [-0.1, -0.05) is 23.2 Å². The topological polar surface area (TPSA) is 53.5 Å². The Labute approximate surface area is 109 Å². The van der Waals surface area contributed by atoms with Gasteiger partial charge in [0.25, 0.3) is 5.91 Å². The molecular weight excluding hydrogens is 261 g/mol. The van der Waals surface area contributed by atoms with Gasteiger partial charge in [-0.3, -0.25) is 10.2 Å². The first-order chi connectivity index (χ1) is 8.16. The monoisotopic (exact) mass is 271 g/mol. The van der Waals surface area contributed by atoms with Crippen LogP contribution < -0.4 is 10.7 Å². The normalized spacial score (nSPS) is 18.0. The SMILES string of the molecule is O=C1NCCCC1=NNc1ccc(Cl)cc1Cl. The summed E-state index contributed by atoms with van der Waals surface area (Å²) in [4.78, 5) is 11.4. The summed E-state index contributed by atoms with van der Waals surface area (Å²) in [6.45, 7) is 0.708. The summed E-state index contributed by atoms with van der Waals surface area (Å²) in [5.74, 6) is -0.131. The lowest BCUT2D eigenvalue weighted by molar-refractivity contribution is -0.115. The Kier molecular flexibility index (Phi) is 3.86. The van der Waals surface area contributed by atoms with Crippen LogP contribution in [0.25, 0.3) is 0 Å². The molecule has 0 unspecified atom stereocenters. The third-order valence-corrected chi connectivity index (χ3v) is 2.93. The van der Waals surface area contributed by atoms with Crippen molar-refractivity contribution in [2.24, 2.45) is 5.10 Å². The number of halogens is 2. The number of nitrogens with one attached hydrogen (secondary N) is 2. The molecule has 0 atom stereocenters. The lowest BCUT2D eigenvalue weighted by atomic mass is 10.1. The van der Waals surface area contributed by atoms with Gasteiger partial charge in [0, 0.05) is 11.6 Å². The Bertz CT molecular complexity index is 474. The molecule has 0 saturated carbocycles. The molecule has 0 aromatic heterocycles. The van der Waals surface area contributed by atoms with Gasteiger partial charge in [0.1, 0.15) is 5.71 Å². The number of hydrazone groups is 1. The first-order valence-corrected chi connectivity index (χ1v) is 5.98. The number of anilines is 1. The summed E-state index contributed by atoms with van der Waals surface area (Å²) in [5, 5.41) is 7.81. The summed E-state index contributed by atoms with van der Waals surface area (Å²) in [6, 6.07) is 5.04. The van der Waals surface area contributed by atoms with Gasteiger partial charge in [-0.05, 0) is 31.0 Å². The fourth-order valence-corrected chi connectivity index (χ4v) is 1.94. The number of benzene rings is 1. The molecule has 1 fully saturated rings. The van der Waals surface area contributed by atoms with E-state index in [1.54, 1.807) is 18.2 Å². The predicted molar refractivity (Wildman–Crippen MR) is 69.8 cm³/mol. The molecule has 0 aliphatic carbocycles. The second-order valence-electron chi connectivity index (χ2n) is 3.65. The van der Waals surface area contributed by atoms with Crippen LogP contribution in [-0.2, 0) is 4.79 Å². The van der Waals surface area contributed by atoms with Crippen molar-refractivity contribution in [1.82, 2.24) is 5.32 Å². The Morgan fingerprint density at radius 3 is 2.88 bits per heavy atom. The van der Waals surface area contributed by atoms with E-state index in [-0.39, 0.29) is 5.91 Å². The largest absolute Gasteiger partial charge is 0.351 e. The standard InChI is InChI=1S/C11H11Cl2N3O/c12-7-3-4-9(8(13)6-7)15-16-10-2-1-5-14-11(10)17/h3-4,6,15H,1-2,5H2,(H,14,17). The molecule has 4 nitrogen and oxygen atoms in total. The molecule has 2 N–H and O–H groups in total. The van der Waals surface area contributed by atoms with Crippen molar-refractivity contribution in [3.63, 3.8) is 0 Å². The minimum absolute atomic E-state index is 0.131. The number of hydrogen-bond donors (Lipinski definition) is 2. The van der Waals surface area contributed by atoms with E-state index >= 15 is 0 Å². The molecule has 0 radical (unpaired) electrons. The summed E-state index contributed by atoms with van der Waals surface area (Å²) in [6.07, 6.45) is 1.57. The van der Waals surface area contributed by atoms with Crippen molar-refractivity contribution >= 4 is 40.5 Å². The highest BCUT2D eigenvalue weighted by atomic mass is 35.5. The zero-order valence-electron chi connectivity index (χ0n) is 8.96. The molecular formula is C11H11Cl2N3O. The molecule has 1 aromatic rings. The Balaban J connectivity index is 2.10. The quantitative estimate of drug-likeness (QED) is 0.813. The molecule has 17 heavy (non-hydrogen) atoms. The average Bonchev–Trinajstić information content (AvgIpc) is 2.30. The van der Waals surface area contributed by atoms with Gasteiger partial charge in [0.2, 0.25) is 0 Å². The van der Waals surface area contributed by atoms with Crippen LogP contribution >= 0.6 is 23.2 Å². The van der Waals surface area contributed by atoms with Crippen LogP contribution in [0.1, 0.15) is 12.8 Å². The maximum Gasteiger partial charge on any atom is 0.267 e. The maximum atomic E-state index is 11.4. The van der Waals surface area contributed by atoms with Crippen molar-refractivity contribution in [2.75, 3.05) is 12.0 Å². The van der Waals surface area contributed by atoms with E-state index in [1.807, 2.05) is 0 Å². The van der Waals surface area contributed by atoms with Crippen LogP contribution in [0.3, 0.4) is 0 Å². The molecule has 0 spiro atoms. The van der Waals surface area contributed by atoms with E-state index in [0.717, 1.165) is 6.42 Å². The van der Waals surface area contributed by atoms with Gasteiger partial charge < -0.3 is 5.32 Å². The first kappa shape index (κ1) is 12.2. The van der Waals surface area contributed by atoms with Crippen LogP contribution in [0.5, 0.6) is 0 Å². The summed E-state index contributed by atoms with van der Waals surface area (Å²) in [5.41, 5.74) is 3.89. The molecule has 1 heterocycles. The van der Waals surface area contributed by atoms with Gasteiger partial charge in [0.15, 0.2) is 0 Å². The van der Waals surface area contributed by atoms with Gasteiger partial charge in [-0.15, -0.1) is 0 Å². The maximum absolute atomic E-state index is 11.4. The van der Waals surface area contributed by atoms with Crippen LogP contribution in [0, 0.1) is 0 Å². The molecule has 1 saturated heterocycles. The van der Waals surface area contributed by atoms with E-state index in [0.29, 0.717) is 34.4 Å². The zero-order chi connectivity index (χ0) is 12.3. The second kappa shape index (κ2) is 5.38. The number of carbonyl (C=O) groups excluding carboxylic acids is 1. The predicted octanol–water partition coefficient (Wildman–Crippen LogP) is 2.67. The number of amides is 1. The summed E-state index contributed by atoms with van der Waals surface area (Å²) in [7, 11) is 0. The minimum atomic E-state index is -0.131. The van der Waals surface area contributed by atoms with Gasteiger partial charge >= 0.3 is 0 Å². The second-order valence-corrected chi connectivity index (χ2v) is 4.50. The van der Waals surface area contributed by atoms with E-state index in [2.05, 4.69) is 15.8 Å². The lowest BCUT2D eigenvalue weighted by Gasteiger charge is -2.13. The van der Waals surface area contributed by atoms with E-state index in [9.17, 15) is 4.79 Å². The number of rotatable bonds is 2. The molecule has 1 aliphatic rings. The highest BCUT2D eigenvalue weighted by Crippen LogP contribution is 2.25. The first-order valence-electron chi connectivity index (χ1n) is 5.22. The molecule has 90 valence electrons. The van der Waals surface area contributed by atoms with Gasteiger partial charge in [-0.2, -0.15) is 5.10 Å². The lowest BCUT2D eigenvalue weighted by Crippen LogP contribution is -2.37. The van der Waals surface area contributed by atoms with Gasteiger partial charge in [0.05, 0.1) is 10.7 Å². The van der Waals surface area contributed by atoms with Gasteiger partial charge in [-0.25, -0.2) is 0 Å². The number of carbonyl (C=O) groups is 1. The van der Waals surface area contributed by atoms with Crippen molar-refractivity contribution < 1.29 is 4.79 Å². The average molecular weight is 272 g/mol. The smallest absolute Gasteiger partial charge is 0.267 e. The highest BCUT2D eigenvalue weighted by Gasteiger charge is 2.15. The summed E-state index contributed by atoms with van der Waals surface area (Å²) >= 11 is 11.7. The molecule has 2 rings (SSSR count). The van der Waals surface area contributed by atoms with E-state index < -0.39 is 0 Å². The number of nitrogens with zero attached hydrogens (tertiary/aromatic N) is 1. The molecule has 1 amide bonds. The molecule has 1 aliphatic heterocycles. The Morgan fingerprint density at radius 2 is 2.18 bits per heavy atom. The fourth-order valence-electron chi connectivity index (χ4n) is 1.49. The minimum Gasteiger partial charge on any atom is -0.351 e. The number of hydrogen-bond acceptors (Lipinski definition) is 3. The summed E-state index contributed by atoms with van der Waals surface area (Å²) < 4.78 is 0. The molecule has 1 aromatic carbocycles. The van der Waals surface area contributed by atoms with E-state index in [4.69, 9.17) is 23.2 Å². The Morgan fingerprint density at radius 1 is 1.35 bits per heavy atom. The van der Waals surface area contributed by atoms with Crippen molar-refractivity contribution in [3.05, 3.63) is 28.2 Å². The van der Waals surface area contributed by atoms with Crippen LogP contribution in [0.2, 0.25) is 10.0 Å². The highest BCUT2D eigenvalue weighted by molar-refractivity contribution is 6.39. The Hall–Kier alpha value is -1.26. The van der Waals surface area contributed by atoms with Crippen molar-refractivity contribution in [3.8, 4) is 0 Å². The third-order valence-electron chi connectivity index (χ3n) is 2.38. The van der Waals surface area contributed by atoms with Crippen molar-refractivity contribution in [2.45, 2.75) is 12.8 Å². The van der Waals surface area contributed by atoms with Crippen LogP contribution in [-0.4, -0.2) is 18.2 Å². The van der Waals surface area contributed by atoms with Crippen LogP contribution in [0.15, 0.2) is 23.3 Å².